The summed E-state index contributed by atoms with van der Waals surface area (Å²) in [6, 6.07) is 3.04. The van der Waals surface area contributed by atoms with Crippen molar-refractivity contribution in [1.29, 1.82) is 0 Å². The smallest absolute Gasteiger partial charge is 0.255 e. The summed E-state index contributed by atoms with van der Waals surface area (Å²) in [5.41, 5.74) is 0.438. The van der Waals surface area contributed by atoms with E-state index in [1.54, 1.807) is 19.3 Å². The molecule has 0 radical (unpaired) electrons. The van der Waals surface area contributed by atoms with Crippen LogP contribution in [0.25, 0.3) is 0 Å². The maximum Gasteiger partial charge on any atom is 0.255 e. The molecule has 1 amide bonds. The quantitative estimate of drug-likeness (QED) is 0.800. The van der Waals surface area contributed by atoms with Crippen LogP contribution in [0.1, 0.15) is 40.8 Å². The summed E-state index contributed by atoms with van der Waals surface area (Å²) in [6.45, 7) is 2.12. The van der Waals surface area contributed by atoms with Crippen molar-refractivity contribution >= 4 is 5.91 Å². The molecule has 1 fully saturated rings. The molecule has 0 atom stereocenters. The van der Waals surface area contributed by atoms with Gasteiger partial charge in [0.2, 0.25) is 5.56 Å². The summed E-state index contributed by atoms with van der Waals surface area (Å²) in [4.78, 5) is 28.1. The van der Waals surface area contributed by atoms with E-state index in [0.717, 1.165) is 31.0 Å². The number of aryl methyl sites for hydroxylation is 1. The van der Waals surface area contributed by atoms with Crippen molar-refractivity contribution in [3.8, 4) is 0 Å². The Hall–Kier alpha value is -2.48. The van der Waals surface area contributed by atoms with Gasteiger partial charge in [0.05, 0.1) is 12.1 Å². The molecule has 2 aromatic heterocycles. The van der Waals surface area contributed by atoms with Crippen molar-refractivity contribution in [3.05, 3.63) is 45.9 Å². The van der Waals surface area contributed by atoms with Crippen molar-refractivity contribution in [2.24, 2.45) is 14.1 Å². The Kier molecular flexibility index (Phi) is 5.22. The molecule has 3 rings (SSSR count). The average molecular weight is 358 g/mol. The van der Waals surface area contributed by atoms with Gasteiger partial charge in [0, 0.05) is 45.4 Å². The van der Waals surface area contributed by atoms with Crippen LogP contribution in [0.4, 0.5) is 0 Å². The van der Waals surface area contributed by atoms with Crippen LogP contribution in [-0.4, -0.2) is 62.2 Å². The SMILES string of the molecule is CN(C)Cc1nnc(C2CCN(C(=O)c3ccc(=O)n(C)c3)CC2)n1C. The van der Waals surface area contributed by atoms with Crippen LogP contribution in [0, 0.1) is 0 Å². The molecule has 0 aromatic carbocycles. The summed E-state index contributed by atoms with van der Waals surface area (Å²) < 4.78 is 3.51. The van der Waals surface area contributed by atoms with Crippen LogP contribution in [0.5, 0.6) is 0 Å². The Labute approximate surface area is 153 Å². The first kappa shape index (κ1) is 18.3. The van der Waals surface area contributed by atoms with Gasteiger partial charge < -0.3 is 18.9 Å². The third kappa shape index (κ3) is 3.70. The monoisotopic (exact) mass is 358 g/mol. The number of hydrogen-bond acceptors (Lipinski definition) is 5. The van der Waals surface area contributed by atoms with Gasteiger partial charge in [-0.2, -0.15) is 0 Å². The molecule has 26 heavy (non-hydrogen) atoms. The molecule has 3 heterocycles. The second-order valence-electron chi connectivity index (χ2n) is 7.20. The zero-order valence-corrected chi connectivity index (χ0v) is 15.8. The first-order valence-corrected chi connectivity index (χ1v) is 8.85. The van der Waals surface area contributed by atoms with Crippen molar-refractivity contribution in [2.75, 3.05) is 27.2 Å². The maximum absolute atomic E-state index is 12.7. The molecule has 8 heteroatoms. The lowest BCUT2D eigenvalue weighted by Crippen LogP contribution is -2.38. The number of nitrogens with zero attached hydrogens (tertiary/aromatic N) is 6. The van der Waals surface area contributed by atoms with Gasteiger partial charge in [0.25, 0.3) is 5.91 Å². The first-order valence-electron chi connectivity index (χ1n) is 8.85. The van der Waals surface area contributed by atoms with Crippen LogP contribution in [0.2, 0.25) is 0 Å². The number of rotatable bonds is 4. The summed E-state index contributed by atoms with van der Waals surface area (Å²) >= 11 is 0. The van der Waals surface area contributed by atoms with E-state index in [4.69, 9.17) is 0 Å². The second-order valence-corrected chi connectivity index (χ2v) is 7.20. The fourth-order valence-electron chi connectivity index (χ4n) is 3.40. The number of amides is 1. The Morgan fingerprint density at radius 2 is 1.88 bits per heavy atom. The number of carbonyl (C=O) groups is 1. The van der Waals surface area contributed by atoms with Crippen LogP contribution >= 0.6 is 0 Å². The number of hydrogen-bond donors (Lipinski definition) is 0. The maximum atomic E-state index is 12.7. The highest BCUT2D eigenvalue weighted by molar-refractivity contribution is 5.93. The minimum absolute atomic E-state index is 0.0229. The molecule has 0 spiro atoms. The molecular formula is C18H26N6O2. The Balaban J connectivity index is 1.65. The Bertz CT molecular complexity index is 846. The van der Waals surface area contributed by atoms with Crippen LogP contribution in [0.3, 0.4) is 0 Å². The summed E-state index contributed by atoms with van der Waals surface area (Å²) in [6.07, 6.45) is 3.34. The fourth-order valence-corrected chi connectivity index (χ4v) is 3.40. The highest BCUT2D eigenvalue weighted by Crippen LogP contribution is 2.27. The largest absolute Gasteiger partial charge is 0.339 e. The average Bonchev–Trinajstić information content (AvgIpc) is 2.97. The van der Waals surface area contributed by atoms with E-state index in [2.05, 4.69) is 19.7 Å². The van der Waals surface area contributed by atoms with Crippen molar-refractivity contribution in [3.63, 3.8) is 0 Å². The van der Waals surface area contributed by atoms with E-state index in [1.807, 2.05) is 26.0 Å². The fraction of sp³-hybridized carbons (Fsp3) is 0.556. The molecule has 8 nitrogen and oxygen atoms in total. The second kappa shape index (κ2) is 7.41. The normalized spacial score (nSPS) is 15.7. The van der Waals surface area contributed by atoms with Crippen molar-refractivity contribution in [2.45, 2.75) is 25.3 Å². The first-order chi connectivity index (χ1) is 12.4. The standard InChI is InChI=1S/C18H26N6O2/c1-21(2)12-15-19-20-17(23(15)4)13-7-9-24(10-8-13)18(26)14-5-6-16(25)22(3)11-14/h5-6,11,13H,7-10,12H2,1-4H3. The van der Waals surface area contributed by atoms with Crippen LogP contribution in [0.15, 0.2) is 23.1 Å². The molecular weight excluding hydrogens is 332 g/mol. The number of likely N-dealkylation sites (tertiary alicyclic amines) is 1. The zero-order valence-electron chi connectivity index (χ0n) is 15.8. The summed E-state index contributed by atoms with van der Waals surface area (Å²) in [5, 5.41) is 8.70. The molecule has 0 N–H and O–H groups in total. The molecule has 1 aliphatic rings. The summed E-state index contributed by atoms with van der Waals surface area (Å²) in [7, 11) is 7.69. The topological polar surface area (TPSA) is 76.3 Å². The minimum Gasteiger partial charge on any atom is -0.339 e. The van der Waals surface area contributed by atoms with Gasteiger partial charge in [-0.15, -0.1) is 10.2 Å². The van der Waals surface area contributed by atoms with E-state index >= 15 is 0 Å². The van der Waals surface area contributed by atoms with Crippen molar-refractivity contribution in [1.82, 2.24) is 29.1 Å². The third-order valence-corrected chi connectivity index (χ3v) is 4.94. The lowest BCUT2D eigenvalue weighted by Gasteiger charge is -2.31. The van der Waals surface area contributed by atoms with Crippen molar-refractivity contribution < 1.29 is 4.79 Å². The Morgan fingerprint density at radius 3 is 2.50 bits per heavy atom. The number of carbonyl (C=O) groups excluding carboxylic acids is 1. The van der Waals surface area contributed by atoms with E-state index in [-0.39, 0.29) is 11.5 Å². The molecule has 0 saturated carbocycles. The van der Waals surface area contributed by atoms with Gasteiger partial charge in [-0.05, 0) is 33.0 Å². The number of piperidine rings is 1. The minimum atomic E-state index is -0.115. The Morgan fingerprint density at radius 1 is 1.19 bits per heavy atom. The van der Waals surface area contributed by atoms with Gasteiger partial charge in [-0.1, -0.05) is 0 Å². The van der Waals surface area contributed by atoms with Crippen LogP contribution in [-0.2, 0) is 20.6 Å². The highest BCUT2D eigenvalue weighted by Gasteiger charge is 2.28. The van der Waals surface area contributed by atoms with Gasteiger partial charge >= 0.3 is 0 Å². The molecule has 1 aliphatic heterocycles. The van der Waals surface area contributed by atoms with E-state index in [0.29, 0.717) is 24.6 Å². The highest BCUT2D eigenvalue weighted by atomic mass is 16.2. The lowest BCUT2D eigenvalue weighted by molar-refractivity contribution is 0.0709. The lowest BCUT2D eigenvalue weighted by atomic mass is 9.95. The molecule has 1 saturated heterocycles. The van der Waals surface area contributed by atoms with Gasteiger partial charge in [-0.25, -0.2) is 0 Å². The van der Waals surface area contributed by atoms with Crippen LogP contribution < -0.4 is 5.56 Å². The molecule has 140 valence electrons. The zero-order chi connectivity index (χ0) is 18.8. The van der Waals surface area contributed by atoms with E-state index in [1.165, 1.54) is 10.6 Å². The molecule has 0 unspecified atom stereocenters. The number of aromatic nitrogens is 4. The molecule has 0 bridgehead atoms. The summed E-state index contributed by atoms with van der Waals surface area (Å²) in [5.74, 6) is 2.24. The molecule has 2 aromatic rings. The number of pyridine rings is 1. The van der Waals surface area contributed by atoms with Gasteiger partial charge in [0.1, 0.15) is 11.6 Å². The van der Waals surface area contributed by atoms with Gasteiger partial charge in [0.15, 0.2) is 0 Å². The van der Waals surface area contributed by atoms with E-state index < -0.39 is 0 Å². The third-order valence-electron chi connectivity index (χ3n) is 4.94. The molecule has 0 aliphatic carbocycles. The van der Waals surface area contributed by atoms with E-state index in [9.17, 15) is 9.59 Å². The predicted molar refractivity (Wildman–Crippen MR) is 98.0 cm³/mol. The van der Waals surface area contributed by atoms with Gasteiger partial charge in [-0.3, -0.25) is 9.59 Å². The predicted octanol–water partition coefficient (Wildman–Crippen LogP) is 0.595.